The van der Waals surface area contributed by atoms with Crippen molar-refractivity contribution >= 4 is 26.7 Å². The summed E-state index contributed by atoms with van der Waals surface area (Å²) in [6.07, 6.45) is 0. The average Bonchev–Trinajstić information content (AvgIpc) is 2.46. The molecular formula is C15H12BrNOS. The summed E-state index contributed by atoms with van der Waals surface area (Å²) in [5, 5.41) is 9.25. The van der Waals surface area contributed by atoms with Crippen LogP contribution < -0.4 is 0 Å². The molecule has 0 bridgehead atoms. The lowest BCUT2D eigenvalue weighted by atomic mass is 10.0. The van der Waals surface area contributed by atoms with E-state index in [0.717, 1.165) is 14.9 Å². The van der Waals surface area contributed by atoms with Gasteiger partial charge in [0.1, 0.15) is 0 Å². The molecule has 0 saturated heterocycles. The first-order chi connectivity index (χ1) is 9.22. The smallest absolute Gasteiger partial charge is 0.0831 e. The van der Waals surface area contributed by atoms with Crippen molar-refractivity contribution in [2.75, 3.05) is 5.75 Å². The Morgan fingerprint density at radius 2 is 1.74 bits per heavy atom. The number of hydrogen-bond donors (Lipinski definition) is 0. The van der Waals surface area contributed by atoms with Crippen molar-refractivity contribution in [3.05, 3.63) is 64.6 Å². The van der Waals surface area contributed by atoms with Gasteiger partial charge in [-0.3, -0.25) is 4.21 Å². The van der Waals surface area contributed by atoms with Crippen molar-refractivity contribution in [3.63, 3.8) is 0 Å². The normalized spacial score (nSPS) is 13.5. The van der Waals surface area contributed by atoms with Crippen LogP contribution in [0.15, 0.2) is 64.0 Å². The molecule has 0 heterocycles. The highest BCUT2D eigenvalue weighted by atomic mass is 79.9. The molecule has 19 heavy (non-hydrogen) atoms. The molecule has 4 heteroatoms. The number of rotatable bonds is 4. The topological polar surface area (TPSA) is 40.9 Å². The molecule has 0 aliphatic carbocycles. The second kappa shape index (κ2) is 6.65. The summed E-state index contributed by atoms with van der Waals surface area (Å²) in [7, 11) is -1.19. The summed E-state index contributed by atoms with van der Waals surface area (Å²) in [5.74, 6) is -0.0440. The van der Waals surface area contributed by atoms with Crippen LogP contribution in [-0.2, 0) is 10.8 Å². The van der Waals surface area contributed by atoms with Gasteiger partial charge in [0.15, 0.2) is 0 Å². The maximum Gasteiger partial charge on any atom is 0.0831 e. The van der Waals surface area contributed by atoms with Gasteiger partial charge in [0.2, 0.25) is 0 Å². The van der Waals surface area contributed by atoms with Crippen molar-refractivity contribution in [1.29, 1.82) is 5.26 Å². The van der Waals surface area contributed by atoms with Crippen molar-refractivity contribution in [1.82, 2.24) is 0 Å². The Kier molecular flexibility index (Phi) is 4.89. The Bertz CT molecular complexity index is 622. The highest BCUT2D eigenvalue weighted by Gasteiger charge is 2.16. The fraction of sp³-hybridized carbons (Fsp3) is 0.133. The number of halogens is 1. The minimum Gasteiger partial charge on any atom is -0.254 e. The quantitative estimate of drug-likeness (QED) is 0.852. The molecule has 2 atom stereocenters. The van der Waals surface area contributed by atoms with Crippen LogP contribution in [0.25, 0.3) is 0 Å². The fourth-order valence-electron chi connectivity index (χ4n) is 1.76. The first-order valence-corrected chi connectivity index (χ1v) is 7.91. The molecule has 0 saturated carbocycles. The predicted molar refractivity (Wildman–Crippen MR) is 80.2 cm³/mol. The van der Waals surface area contributed by atoms with Crippen LogP contribution in [0.4, 0.5) is 0 Å². The monoisotopic (exact) mass is 333 g/mol. The minimum atomic E-state index is -1.19. The van der Waals surface area contributed by atoms with Gasteiger partial charge in [0.25, 0.3) is 0 Å². The van der Waals surface area contributed by atoms with Gasteiger partial charge in [-0.05, 0) is 33.6 Å². The SMILES string of the molecule is N#CC(CS(=O)c1ccccc1Br)c1ccccc1. The molecule has 0 aromatic heterocycles. The highest BCUT2D eigenvalue weighted by Crippen LogP contribution is 2.24. The van der Waals surface area contributed by atoms with Crippen LogP contribution in [0.2, 0.25) is 0 Å². The highest BCUT2D eigenvalue weighted by molar-refractivity contribution is 9.10. The van der Waals surface area contributed by atoms with Crippen molar-refractivity contribution in [3.8, 4) is 6.07 Å². The van der Waals surface area contributed by atoms with Gasteiger partial charge < -0.3 is 0 Å². The fourth-order valence-corrected chi connectivity index (χ4v) is 3.86. The summed E-state index contributed by atoms with van der Waals surface area (Å²) in [4.78, 5) is 0.735. The van der Waals surface area contributed by atoms with E-state index in [0.29, 0.717) is 5.75 Å². The molecule has 2 aromatic carbocycles. The lowest BCUT2D eigenvalue weighted by molar-refractivity contribution is 0.680. The molecule has 0 fully saturated rings. The molecule has 0 aliphatic heterocycles. The zero-order valence-corrected chi connectivity index (χ0v) is 12.5. The van der Waals surface area contributed by atoms with E-state index >= 15 is 0 Å². The summed E-state index contributed by atoms with van der Waals surface area (Å²) in [6, 6.07) is 19.1. The lowest BCUT2D eigenvalue weighted by Crippen LogP contribution is -2.08. The van der Waals surface area contributed by atoms with E-state index in [1.165, 1.54) is 0 Å². The number of hydrogen-bond acceptors (Lipinski definition) is 2. The molecule has 0 amide bonds. The van der Waals surface area contributed by atoms with Gasteiger partial charge in [-0.1, -0.05) is 42.5 Å². The average molecular weight is 334 g/mol. The second-order valence-electron chi connectivity index (χ2n) is 4.03. The van der Waals surface area contributed by atoms with Gasteiger partial charge in [-0.2, -0.15) is 5.26 Å². The number of benzene rings is 2. The van der Waals surface area contributed by atoms with E-state index in [-0.39, 0.29) is 5.92 Å². The molecule has 0 aliphatic rings. The van der Waals surface area contributed by atoms with Crippen LogP contribution in [0.1, 0.15) is 11.5 Å². The van der Waals surface area contributed by atoms with E-state index in [4.69, 9.17) is 0 Å². The van der Waals surface area contributed by atoms with Crippen molar-refractivity contribution in [2.45, 2.75) is 10.8 Å². The van der Waals surface area contributed by atoms with Crippen LogP contribution in [0, 0.1) is 11.3 Å². The molecule has 96 valence electrons. The van der Waals surface area contributed by atoms with E-state index in [1.54, 1.807) is 0 Å². The van der Waals surface area contributed by atoms with Gasteiger partial charge >= 0.3 is 0 Å². The van der Waals surface area contributed by atoms with Gasteiger partial charge in [-0.25, -0.2) is 0 Å². The Morgan fingerprint density at radius 3 is 2.37 bits per heavy atom. The molecular weight excluding hydrogens is 322 g/mol. The first kappa shape index (κ1) is 14.0. The Balaban J connectivity index is 2.19. The maximum atomic E-state index is 12.3. The van der Waals surface area contributed by atoms with E-state index < -0.39 is 10.8 Å². The van der Waals surface area contributed by atoms with Gasteiger partial charge in [0, 0.05) is 10.2 Å². The molecule has 2 rings (SSSR count). The second-order valence-corrected chi connectivity index (χ2v) is 6.35. The molecule has 0 spiro atoms. The largest absolute Gasteiger partial charge is 0.254 e. The minimum absolute atomic E-state index is 0.309. The molecule has 0 radical (unpaired) electrons. The van der Waals surface area contributed by atoms with Crippen molar-refractivity contribution < 1.29 is 4.21 Å². The van der Waals surface area contributed by atoms with Crippen molar-refractivity contribution in [2.24, 2.45) is 0 Å². The van der Waals surface area contributed by atoms with Crippen LogP contribution in [0.5, 0.6) is 0 Å². The zero-order valence-electron chi connectivity index (χ0n) is 10.1. The zero-order chi connectivity index (χ0) is 13.7. The standard InChI is InChI=1S/C15H12BrNOS/c16-14-8-4-5-9-15(14)19(18)11-13(10-17)12-6-2-1-3-7-12/h1-9,13H,11H2. The first-order valence-electron chi connectivity index (χ1n) is 5.80. The third kappa shape index (κ3) is 3.52. The number of nitriles is 1. The Hall–Kier alpha value is -1.44. The third-order valence-electron chi connectivity index (χ3n) is 2.76. The Morgan fingerprint density at radius 1 is 1.11 bits per heavy atom. The summed E-state index contributed by atoms with van der Waals surface area (Å²) >= 11 is 3.39. The third-order valence-corrected chi connectivity index (χ3v) is 5.19. The Labute approximate surface area is 123 Å². The van der Waals surface area contributed by atoms with Gasteiger partial charge in [-0.15, -0.1) is 0 Å². The maximum absolute atomic E-state index is 12.3. The summed E-state index contributed by atoms with van der Waals surface area (Å²) in [5.41, 5.74) is 0.908. The van der Waals surface area contributed by atoms with Crippen LogP contribution >= 0.6 is 15.9 Å². The van der Waals surface area contributed by atoms with E-state index in [1.807, 2.05) is 54.6 Å². The molecule has 2 aromatic rings. The summed E-state index contributed by atoms with van der Waals surface area (Å²) < 4.78 is 13.2. The molecule has 0 N–H and O–H groups in total. The van der Waals surface area contributed by atoms with E-state index in [2.05, 4.69) is 22.0 Å². The lowest BCUT2D eigenvalue weighted by Gasteiger charge is -2.10. The molecule has 2 nitrogen and oxygen atoms in total. The summed E-state index contributed by atoms with van der Waals surface area (Å²) in [6.45, 7) is 0. The van der Waals surface area contributed by atoms with Gasteiger partial charge in [0.05, 0.1) is 27.7 Å². The predicted octanol–water partition coefficient (Wildman–Crippen LogP) is 3.86. The molecule has 2 unspecified atom stereocenters. The van der Waals surface area contributed by atoms with Crippen LogP contribution in [-0.4, -0.2) is 9.96 Å². The number of nitrogens with zero attached hydrogens (tertiary/aromatic N) is 1. The van der Waals surface area contributed by atoms with E-state index in [9.17, 15) is 9.47 Å². The van der Waals surface area contributed by atoms with Crippen LogP contribution in [0.3, 0.4) is 0 Å².